The molecule has 1 aliphatic rings. The molecule has 2 nitrogen and oxygen atoms in total. The maximum Gasteiger partial charge on any atom is 0.0638 e. The zero-order valence-electron chi connectivity index (χ0n) is 16.2. The average molecular weight is 360 g/mol. The number of hydrogen-bond acceptors (Lipinski definition) is 0. The van der Waals surface area contributed by atoms with E-state index < -0.39 is 0 Å². The van der Waals surface area contributed by atoms with Gasteiger partial charge in [-0.2, -0.15) is 0 Å². The van der Waals surface area contributed by atoms with Crippen LogP contribution in [0.5, 0.6) is 0 Å². The molecule has 0 atom stereocenters. The highest BCUT2D eigenvalue weighted by Gasteiger charge is 2.32. The van der Waals surface area contributed by atoms with E-state index >= 15 is 0 Å². The predicted octanol–water partition coefficient (Wildman–Crippen LogP) is 6.63. The fourth-order valence-electron chi connectivity index (χ4n) is 5.70. The monoisotopic (exact) mass is 360 g/mol. The zero-order valence-corrected chi connectivity index (χ0v) is 16.2. The number of fused-ring (bicyclic) bond motifs is 6. The molecule has 0 spiro atoms. The molecule has 0 amide bonds. The van der Waals surface area contributed by atoms with Crippen LogP contribution in [0.15, 0.2) is 60.7 Å². The molecule has 0 bridgehead atoms. The first kappa shape index (κ1) is 14.8. The third kappa shape index (κ3) is 1.43. The minimum Gasteiger partial charge on any atom is -0.344 e. The van der Waals surface area contributed by atoms with Crippen LogP contribution in [0.4, 0.5) is 0 Å². The highest BCUT2D eigenvalue weighted by molar-refractivity contribution is 6.30. The van der Waals surface area contributed by atoms with E-state index in [9.17, 15) is 0 Å². The van der Waals surface area contributed by atoms with Gasteiger partial charge in [-0.05, 0) is 35.2 Å². The van der Waals surface area contributed by atoms with E-state index in [0.717, 1.165) is 0 Å². The number of benzene rings is 3. The third-order valence-electron chi connectivity index (χ3n) is 6.90. The van der Waals surface area contributed by atoms with Crippen molar-refractivity contribution in [3.63, 3.8) is 0 Å². The molecule has 7 rings (SSSR count). The highest BCUT2D eigenvalue weighted by atomic mass is 15.0. The molecular formula is C26H20N2. The van der Waals surface area contributed by atoms with Gasteiger partial charge < -0.3 is 8.97 Å². The van der Waals surface area contributed by atoms with E-state index in [4.69, 9.17) is 0 Å². The molecule has 0 fully saturated rings. The Labute approximate surface area is 162 Å². The summed E-state index contributed by atoms with van der Waals surface area (Å²) in [5, 5.41) is 6.81. The summed E-state index contributed by atoms with van der Waals surface area (Å²) in [4.78, 5) is 0. The quantitative estimate of drug-likeness (QED) is 0.287. The Hall–Kier alpha value is -3.26. The summed E-state index contributed by atoms with van der Waals surface area (Å²) in [5.74, 6) is 0. The molecule has 6 aromatic rings. The fraction of sp³-hybridized carbons (Fsp3) is 0.154. The molecule has 3 heterocycles. The van der Waals surface area contributed by atoms with Crippen molar-refractivity contribution in [1.82, 2.24) is 8.97 Å². The van der Waals surface area contributed by atoms with Crippen LogP contribution < -0.4 is 0 Å². The minimum atomic E-state index is 0.0497. The third-order valence-corrected chi connectivity index (χ3v) is 6.90. The van der Waals surface area contributed by atoms with E-state index in [1.165, 1.54) is 60.3 Å². The van der Waals surface area contributed by atoms with Crippen LogP contribution in [-0.2, 0) is 12.5 Å². The van der Waals surface area contributed by atoms with Gasteiger partial charge in [-0.25, -0.2) is 0 Å². The van der Waals surface area contributed by atoms with Crippen molar-refractivity contribution in [2.75, 3.05) is 0 Å². The van der Waals surface area contributed by atoms with Gasteiger partial charge in [0.05, 0.1) is 22.2 Å². The van der Waals surface area contributed by atoms with Gasteiger partial charge in [-0.1, -0.05) is 56.3 Å². The summed E-state index contributed by atoms with van der Waals surface area (Å²) >= 11 is 0. The maximum absolute atomic E-state index is 2.52. The van der Waals surface area contributed by atoms with Crippen molar-refractivity contribution < 1.29 is 0 Å². The van der Waals surface area contributed by atoms with Crippen LogP contribution in [0, 0.1) is 0 Å². The molecule has 0 unspecified atom stereocenters. The van der Waals surface area contributed by atoms with Gasteiger partial charge in [-0.15, -0.1) is 0 Å². The van der Waals surface area contributed by atoms with Gasteiger partial charge >= 0.3 is 0 Å². The van der Waals surface area contributed by atoms with Crippen LogP contribution in [-0.4, -0.2) is 8.97 Å². The number of aryl methyl sites for hydroxylation is 1. The first-order valence-corrected chi connectivity index (χ1v) is 9.96. The van der Waals surface area contributed by atoms with Crippen LogP contribution in [0.3, 0.4) is 0 Å². The second-order valence-electron chi connectivity index (χ2n) is 8.78. The lowest BCUT2D eigenvalue weighted by molar-refractivity contribution is 0.690. The highest BCUT2D eigenvalue weighted by Crippen LogP contribution is 2.48. The molecule has 0 radical (unpaired) electrons. The van der Waals surface area contributed by atoms with Crippen molar-refractivity contribution in [3.05, 3.63) is 71.9 Å². The molecule has 3 aromatic carbocycles. The number of hydrogen-bond donors (Lipinski definition) is 0. The van der Waals surface area contributed by atoms with Gasteiger partial charge in [0.1, 0.15) is 0 Å². The van der Waals surface area contributed by atoms with Crippen molar-refractivity contribution in [2.24, 2.45) is 7.05 Å². The average Bonchev–Trinajstić information content (AvgIpc) is 3.27. The second-order valence-corrected chi connectivity index (χ2v) is 8.78. The number of allylic oxidation sites excluding steroid dienone is 1. The second kappa shape index (κ2) is 4.41. The molecule has 28 heavy (non-hydrogen) atoms. The molecule has 134 valence electrons. The first-order valence-electron chi connectivity index (χ1n) is 9.96. The lowest BCUT2D eigenvalue weighted by Gasteiger charge is -2.16. The summed E-state index contributed by atoms with van der Waals surface area (Å²) in [7, 11) is 2.19. The Morgan fingerprint density at radius 1 is 0.714 bits per heavy atom. The fourth-order valence-corrected chi connectivity index (χ4v) is 5.70. The predicted molar refractivity (Wildman–Crippen MR) is 120 cm³/mol. The van der Waals surface area contributed by atoms with E-state index in [0.29, 0.717) is 0 Å². The Morgan fingerprint density at radius 3 is 2.36 bits per heavy atom. The molecule has 0 saturated carbocycles. The Balaban J connectivity index is 2.00. The molecule has 3 aromatic heterocycles. The summed E-state index contributed by atoms with van der Waals surface area (Å²) in [6, 6.07) is 20.3. The summed E-state index contributed by atoms with van der Waals surface area (Å²) in [5.41, 5.74) is 8.10. The molecule has 2 heteroatoms. The zero-order chi connectivity index (χ0) is 18.8. The Morgan fingerprint density at radius 2 is 1.46 bits per heavy atom. The Kier molecular flexibility index (Phi) is 2.33. The maximum atomic E-state index is 2.52. The first-order chi connectivity index (χ1) is 13.6. The van der Waals surface area contributed by atoms with Gasteiger partial charge in [0, 0.05) is 39.5 Å². The molecular weight excluding hydrogens is 340 g/mol. The standard InChI is InChI=1S/C26H20N2/c1-26(2)14-13-21-24(26)17-11-12-20-23-22-16(8-6-10-19(22)27(20)3)15-7-4-5-9-18(15)28(21)25(17)23/h4-14H,1-3H3. The normalized spacial score (nSPS) is 15.8. The summed E-state index contributed by atoms with van der Waals surface area (Å²) in [6.45, 7) is 4.66. The lowest BCUT2D eigenvalue weighted by Crippen LogP contribution is -2.09. The van der Waals surface area contributed by atoms with E-state index in [1.54, 1.807) is 0 Å². The number of para-hydroxylation sites is 1. The SMILES string of the molecule is Cn1c2cccc3c4ccccc4n4c5c(c6ccc1c(c32)c64)C(C)(C)C=C5. The number of nitrogens with zero attached hydrogens (tertiary/aromatic N) is 2. The topological polar surface area (TPSA) is 9.34 Å². The molecule has 0 N–H and O–H groups in total. The van der Waals surface area contributed by atoms with Crippen LogP contribution >= 0.6 is 0 Å². The van der Waals surface area contributed by atoms with Crippen molar-refractivity contribution in [2.45, 2.75) is 19.3 Å². The van der Waals surface area contributed by atoms with Gasteiger partial charge in [0.25, 0.3) is 0 Å². The largest absolute Gasteiger partial charge is 0.344 e. The number of aromatic nitrogens is 2. The van der Waals surface area contributed by atoms with E-state index in [2.05, 4.69) is 96.6 Å². The van der Waals surface area contributed by atoms with Gasteiger partial charge in [0.15, 0.2) is 0 Å². The van der Waals surface area contributed by atoms with Gasteiger partial charge in [-0.3, -0.25) is 0 Å². The van der Waals surface area contributed by atoms with Crippen molar-refractivity contribution in [3.8, 4) is 0 Å². The van der Waals surface area contributed by atoms with Crippen LogP contribution in [0.1, 0.15) is 25.1 Å². The van der Waals surface area contributed by atoms with Crippen LogP contribution in [0.2, 0.25) is 0 Å². The van der Waals surface area contributed by atoms with Gasteiger partial charge in [0.2, 0.25) is 0 Å². The minimum absolute atomic E-state index is 0.0497. The molecule has 0 aliphatic heterocycles. The van der Waals surface area contributed by atoms with E-state index in [1.807, 2.05) is 0 Å². The van der Waals surface area contributed by atoms with Crippen molar-refractivity contribution >= 4 is 55.1 Å². The van der Waals surface area contributed by atoms with Crippen molar-refractivity contribution in [1.29, 1.82) is 0 Å². The lowest BCUT2D eigenvalue weighted by atomic mass is 9.86. The van der Waals surface area contributed by atoms with E-state index in [-0.39, 0.29) is 5.41 Å². The number of rotatable bonds is 0. The smallest absolute Gasteiger partial charge is 0.0638 e. The molecule has 0 saturated heterocycles. The summed E-state index contributed by atoms with van der Waals surface area (Å²) < 4.78 is 4.87. The Bertz CT molecular complexity index is 1640. The molecule has 1 aliphatic carbocycles. The summed E-state index contributed by atoms with van der Waals surface area (Å²) in [6.07, 6.45) is 4.68. The van der Waals surface area contributed by atoms with Crippen LogP contribution in [0.25, 0.3) is 55.1 Å².